The summed E-state index contributed by atoms with van der Waals surface area (Å²) in [4.78, 5) is 27.2. The van der Waals surface area contributed by atoms with Crippen LogP contribution in [0.1, 0.15) is 150 Å². The van der Waals surface area contributed by atoms with Gasteiger partial charge in [0.15, 0.2) is 5.78 Å². The molecule has 3 aromatic heterocycles. The molecule has 0 fully saturated rings. The fraction of sp³-hybridized carbons (Fsp3) is 0.469. The van der Waals surface area contributed by atoms with E-state index in [2.05, 4.69) is 104 Å². The number of fused-ring (bicyclic) bond motifs is 6. The quantitative estimate of drug-likeness (QED) is 0.0637. The molecule has 0 aliphatic rings. The summed E-state index contributed by atoms with van der Waals surface area (Å²) in [5.74, 6) is 1.61. The predicted octanol–water partition coefficient (Wildman–Crippen LogP) is 14.0. The third kappa shape index (κ3) is 8.65. The Hall–Kier alpha value is -3.93. The first-order valence-corrected chi connectivity index (χ1v) is 20.3. The summed E-state index contributed by atoms with van der Waals surface area (Å²) in [6.45, 7) is 29.6. The predicted molar refractivity (Wildman–Crippen MR) is 231 cm³/mol. The van der Waals surface area contributed by atoms with Gasteiger partial charge in [-0.1, -0.05) is 125 Å². The van der Waals surface area contributed by atoms with Gasteiger partial charge in [-0.15, -0.1) is 18.2 Å². The smallest absolute Gasteiger partial charge is 0.216 e. The number of allylic oxidation sites excluding steroid dienone is 2. The topological polar surface area (TPSA) is 89.1 Å². The average molecular weight is 933 g/mol. The maximum Gasteiger partial charge on any atom is 0.216 e. The number of aryl methyl sites for hydroxylation is 1. The number of hydrogen-bond acceptors (Lipinski definition) is 6. The van der Waals surface area contributed by atoms with Gasteiger partial charge in [-0.3, -0.25) is 9.78 Å². The Bertz CT molecular complexity index is 2390. The summed E-state index contributed by atoms with van der Waals surface area (Å²) in [6.07, 6.45) is 4.75. The fourth-order valence-electron chi connectivity index (χ4n) is 6.98. The van der Waals surface area contributed by atoms with Crippen LogP contribution >= 0.6 is 0 Å². The van der Waals surface area contributed by atoms with Crippen LogP contribution in [0.3, 0.4) is 0 Å². The van der Waals surface area contributed by atoms with Crippen LogP contribution in [0.5, 0.6) is 0 Å². The van der Waals surface area contributed by atoms with Crippen LogP contribution in [0.2, 0.25) is 0 Å². The number of rotatable bonds is 10. The molecule has 1 radical (unpaired) electrons. The molecule has 6 nitrogen and oxygen atoms in total. The van der Waals surface area contributed by atoms with Gasteiger partial charge in [0.25, 0.3) is 0 Å². The first-order valence-electron chi connectivity index (χ1n) is 20.3. The first kappa shape index (κ1) is 44.8. The summed E-state index contributed by atoms with van der Waals surface area (Å²) in [5, 5.41) is 15.6. The zero-order valence-electron chi connectivity index (χ0n) is 36.1. The Labute approximate surface area is 348 Å². The third-order valence-corrected chi connectivity index (χ3v) is 12.1. The summed E-state index contributed by atoms with van der Waals surface area (Å²) in [6, 6.07) is 20.7. The minimum atomic E-state index is -0.337. The fourth-order valence-corrected chi connectivity index (χ4v) is 6.98. The molecule has 3 heterocycles. The number of aliphatic hydroxyl groups is 1. The van der Waals surface area contributed by atoms with Gasteiger partial charge >= 0.3 is 0 Å². The van der Waals surface area contributed by atoms with Crippen molar-refractivity contribution >= 4 is 49.5 Å². The van der Waals surface area contributed by atoms with Crippen molar-refractivity contribution in [3.63, 3.8) is 0 Å². The number of carbonyl (C=O) groups is 1. The maximum absolute atomic E-state index is 12.2. The summed E-state index contributed by atoms with van der Waals surface area (Å²) < 4.78 is 6.44. The molecule has 0 aliphatic heterocycles. The van der Waals surface area contributed by atoms with Crippen LogP contribution < -0.4 is 0 Å². The maximum atomic E-state index is 12.2. The van der Waals surface area contributed by atoms with Crippen LogP contribution in [0.4, 0.5) is 0 Å². The van der Waals surface area contributed by atoms with Gasteiger partial charge in [0.05, 0.1) is 11.1 Å². The largest absolute Gasteiger partial charge is 0.512 e. The molecule has 0 spiro atoms. The van der Waals surface area contributed by atoms with Crippen LogP contribution in [-0.4, -0.2) is 25.8 Å². The number of pyridine rings is 1. The minimum Gasteiger partial charge on any atom is -0.512 e. The Morgan fingerprint density at radius 3 is 2.00 bits per heavy atom. The monoisotopic (exact) mass is 933 g/mol. The molecule has 1 N–H and O–H groups in total. The second-order valence-electron chi connectivity index (χ2n) is 17.6. The molecular weight excluding hydrogens is 871 g/mol. The van der Waals surface area contributed by atoms with E-state index in [0.717, 1.165) is 75.7 Å². The molecule has 0 saturated heterocycles. The SMILES string of the molecule is CCC(C)(CC)C(=O)/C=C(\O)C(C)(CC)CC.Cc1cc(C(C)(C)C)cc2ccc3c(-c4[c-]ccc5c4oc4nc(C(C)C)ccc45)nc(C(C)C)nc3c12.[Ir]. The molecule has 0 unspecified atom stereocenters. The molecular formula is C49H62IrN3O3-. The van der Waals surface area contributed by atoms with E-state index in [0.29, 0.717) is 11.6 Å². The van der Waals surface area contributed by atoms with Crippen LogP contribution in [0.15, 0.2) is 64.8 Å². The molecule has 56 heavy (non-hydrogen) atoms. The standard InChI is InChI=1S/C34H34N3O.C15H28O2.Ir/c1-18(2)27-15-14-24-23-10-9-11-26(31(23)38-33(24)35-27)29-25-13-12-21-17-22(34(6,7)8)16-20(5)28(21)30(25)37-32(36-29)19(3)4;1-7-14(5,8-2)12(16)11-13(17)15(6,9-3)10-4;/h9-10,12-19H,1-8H3;11,16H,7-10H2,1-6H3;/q-1;;/b;12-11-;. The molecule has 3 aromatic carbocycles. The number of aliphatic hydroxyl groups excluding tert-OH is 1. The molecule has 0 saturated carbocycles. The zero-order valence-corrected chi connectivity index (χ0v) is 38.5. The summed E-state index contributed by atoms with van der Waals surface area (Å²) in [5.41, 5.74) is 7.16. The van der Waals surface area contributed by atoms with Crippen molar-refractivity contribution in [3.8, 4) is 11.3 Å². The van der Waals surface area contributed by atoms with Crippen LogP contribution in [0.25, 0.3) is 55.0 Å². The van der Waals surface area contributed by atoms with E-state index in [1.54, 1.807) is 0 Å². The van der Waals surface area contributed by atoms with E-state index < -0.39 is 0 Å². The van der Waals surface area contributed by atoms with Gasteiger partial charge < -0.3 is 9.52 Å². The number of carbonyl (C=O) groups excluding carboxylic acids is 1. The summed E-state index contributed by atoms with van der Waals surface area (Å²) >= 11 is 0. The number of aromatic nitrogens is 3. The van der Waals surface area contributed by atoms with Crippen molar-refractivity contribution in [3.05, 3.63) is 89.1 Å². The first-order chi connectivity index (χ1) is 25.8. The van der Waals surface area contributed by atoms with Gasteiger partial charge in [-0.2, -0.15) is 0 Å². The number of benzene rings is 3. The molecule has 301 valence electrons. The van der Waals surface area contributed by atoms with Gasteiger partial charge in [-0.05, 0) is 78.0 Å². The van der Waals surface area contributed by atoms with Crippen molar-refractivity contribution < 1.29 is 34.4 Å². The second kappa shape index (κ2) is 17.3. The van der Waals surface area contributed by atoms with Crippen LogP contribution in [-0.2, 0) is 30.3 Å². The van der Waals surface area contributed by atoms with Gasteiger partial charge in [-0.25, -0.2) is 9.97 Å². The van der Waals surface area contributed by atoms with Crippen molar-refractivity contribution in [1.29, 1.82) is 0 Å². The minimum absolute atomic E-state index is 0. The van der Waals surface area contributed by atoms with Gasteiger partial charge in [0.2, 0.25) is 5.71 Å². The number of hydrogen-bond donors (Lipinski definition) is 1. The second-order valence-corrected chi connectivity index (χ2v) is 17.6. The molecule has 0 amide bonds. The van der Waals surface area contributed by atoms with E-state index in [9.17, 15) is 9.90 Å². The average Bonchev–Trinajstić information content (AvgIpc) is 3.54. The number of nitrogens with zero attached hydrogens (tertiary/aromatic N) is 3. The Morgan fingerprint density at radius 2 is 1.43 bits per heavy atom. The summed E-state index contributed by atoms with van der Waals surface area (Å²) in [7, 11) is 0. The van der Waals surface area contributed by atoms with E-state index in [-0.39, 0.29) is 53.8 Å². The molecule has 6 aromatic rings. The van der Waals surface area contributed by atoms with Gasteiger partial charge in [0, 0.05) is 65.1 Å². The van der Waals surface area contributed by atoms with E-state index >= 15 is 0 Å². The Balaban J connectivity index is 0.000000330. The molecule has 0 aliphatic carbocycles. The zero-order chi connectivity index (χ0) is 40.6. The van der Waals surface area contributed by atoms with Crippen molar-refractivity contribution in [1.82, 2.24) is 15.0 Å². The van der Waals surface area contributed by atoms with Gasteiger partial charge in [0.1, 0.15) is 11.6 Å². The van der Waals surface area contributed by atoms with E-state index in [4.69, 9.17) is 19.4 Å². The van der Waals surface area contributed by atoms with E-state index in [1.165, 1.54) is 28.0 Å². The Morgan fingerprint density at radius 1 is 0.804 bits per heavy atom. The Kier molecular flexibility index (Phi) is 13.8. The molecule has 0 atom stereocenters. The van der Waals surface area contributed by atoms with Crippen molar-refractivity contribution in [2.45, 2.75) is 140 Å². The van der Waals surface area contributed by atoms with Crippen molar-refractivity contribution in [2.75, 3.05) is 0 Å². The van der Waals surface area contributed by atoms with Crippen LogP contribution in [0, 0.1) is 23.8 Å². The molecule has 7 heteroatoms. The molecule has 0 bridgehead atoms. The van der Waals surface area contributed by atoms with E-state index in [1.807, 2.05) is 47.6 Å². The normalized spacial score (nSPS) is 12.8. The molecule has 6 rings (SSSR count). The number of furan rings is 1. The van der Waals surface area contributed by atoms with Crippen molar-refractivity contribution in [2.24, 2.45) is 10.8 Å². The third-order valence-electron chi connectivity index (χ3n) is 12.1. The number of ketones is 1.